The van der Waals surface area contributed by atoms with E-state index < -0.39 is 11.9 Å². The summed E-state index contributed by atoms with van der Waals surface area (Å²) in [5, 5.41) is 11.0. The molecule has 1 aromatic heterocycles. The molecule has 1 aromatic carbocycles. The molecule has 2 rings (SSSR count). The third kappa shape index (κ3) is 2.80. The highest BCUT2D eigenvalue weighted by Gasteiger charge is 2.27. The first kappa shape index (κ1) is 14.0. The largest absolute Gasteiger partial charge is 0.455 e. The second-order valence-corrected chi connectivity index (χ2v) is 4.92. The quantitative estimate of drug-likeness (QED) is 0.898. The first-order valence-corrected chi connectivity index (χ1v) is 6.52. The Morgan fingerprint density at radius 1 is 1.37 bits per heavy atom. The maximum absolute atomic E-state index is 13.6. The standard InChI is InChI=1S/C15H19FO3/c1-4-18-14(9(2)3)13(17)12-8-10-6-5-7-11(16)15(10)19-12/h5-9,13-14,17H,4H2,1-3H3. The van der Waals surface area contributed by atoms with Crippen molar-refractivity contribution < 1.29 is 18.7 Å². The molecule has 19 heavy (non-hydrogen) atoms. The Bertz CT molecular complexity index is 547. The fourth-order valence-electron chi connectivity index (χ4n) is 2.20. The predicted molar refractivity (Wildman–Crippen MR) is 71.4 cm³/mol. The van der Waals surface area contributed by atoms with Crippen LogP contribution < -0.4 is 0 Å². The first-order valence-electron chi connectivity index (χ1n) is 6.52. The summed E-state index contributed by atoms with van der Waals surface area (Å²) in [5.74, 6) is 0.0497. The minimum absolute atomic E-state index is 0.132. The van der Waals surface area contributed by atoms with Crippen molar-refractivity contribution in [1.82, 2.24) is 0 Å². The maximum Gasteiger partial charge on any atom is 0.170 e. The van der Waals surface area contributed by atoms with Gasteiger partial charge in [0.25, 0.3) is 0 Å². The Morgan fingerprint density at radius 2 is 2.11 bits per heavy atom. The van der Waals surface area contributed by atoms with Crippen molar-refractivity contribution in [2.75, 3.05) is 6.61 Å². The molecule has 0 aliphatic heterocycles. The average Bonchev–Trinajstić information content (AvgIpc) is 2.80. The van der Waals surface area contributed by atoms with E-state index >= 15 is 0 Å². The van der Waals surface area contributed by atoms with E-state index in [-0.39, 0.29) is 17.6 Å². The van der Waals surface area contributed by atoms with Gasteiger partial charge in [0.05, 0.1) is 6.10 Å². The van der Waals surface area contributed by atoms with Gasteiger partial charge >= 0.3 is 0 Å². The molecule has 1 N–H and O–H groups in total. The van der Waals surface area contributed by atoms with Crippen LogP contribution in [0.3, 0.4) is 0 Å². The number of aliphatic hydroxyl groups is 1. The van der Waals surface area contributed by atoms with E-state index in [0.717, 1.165) is 0 Å². The number of hydrogen-bond acceptors (Lipinski definition) is 3. The third-order valence-corrected chi connectivity index (χ3v) is 3.13. The van der Waals surface area contributed by atoms with E-state index in [1.165, 1.54) is 6.07 Å². The highest BCUT2D eigenvalue weighted by Crippen LogP contribution is 2.30. The highest BCUT2D eigenvalue weighted by molar-refractivity contribution is 5.78. The van der Waals surface area contributed by atoms with Crippen LogP contribution in [0.1, 0.15) is 32.6 Å². The Kier molecular flexibility index (Phi) is 4.22. The molecule has 2 unspecified atom stereocenters. The second-order valence-electron chi connectivity index (χ2n) is 4.92. The van der Waals surface area contributed by atoms with Gasteiger partial charge in [-0.1, -0.05) is 26.0 Å². The molecular formula is C15H19FO3. The fraction of sp³-hybridized carbons (Fsp3) is 0.467. The average molecular weight is 266 g/mol. The number of fused-ring (bicyclic) bond motifs is 1. The van der Waals surface area contributed by atoms with Crippen LogP contribution in [0, 0.1) is 11.7 Å². The van der Waals surface area contributed by atoms with E-state index in [2.05, 4.69) is 0 Å². The maximum atomic E-state index is 13.6. The molecule has 0 aliphatic carbocycles. The molecule has 2 atom stereocenters. The van der Waals surface area contributed by atoms with Crippen LogP contribution in [0.4, 0.5) is 4.39 Å². The van der Waals surface area contributed by atoms with E-state index in [0.29, 0.717) is 17.8 Å². The van der Waals surface area contributed by atoms with Crippen molar-refractivity contribution in [3.63, 3.8) is 0 Å². The van der Waals surface area contributed by atoms with Gasteiger partial charge in [0.1, 0.15) is 11.9 Å². The van der Waals surface area contributed by atoms with Crippen molar-refractivity contribution in [3.8, 4) is 0 Å². The van der Waals surface area contributed by atoms with Crippen molar-refractivity contribution in [3.05, 3.63) is 35.8 Å². The lowest BCUT2D eigenvalue weighted by molar-refractivity contribution is -0.0657. The lowest BCUT2D eigenvalue weighted by Gasteiger charge is -2.24. The van der Waals surface area contributed by atoms with Crippen LogP contribution in [0.5, 0.6) is 0 Å². The SMILES string of the molecule is CCOC(C(C)C)C(O)c1cc2cccc(F)c2o1. The molecule has 1 heterocycles. The molecule has 3 nitrogen and oxygen atoms in total. The Balaban J connectivity index is 2.34. The van der Waals surface area contributed by atoms with E-state index in [1.807, 2.05) is 20.8 Å². The summed E-state index contributed by atoms with van der Waals surface area (Å²) in [4.78, 5) is 0. The molecule has 2 aromatic rings. The van der Waals surface area contributed by atoms with Gasteiger partial charge in [-0.25, -0.2) is 4.39 Å². The number of ether oxygens (including phenoxy) is 1. The molecule has 0 amide bonds. The van der Waals surface area contributed by atoms with Crippen LogP contribution in [-0.2, 0) is 4.74 Å². The normalized spacial score (nSPS) is 15.1. The van der Waals surface area contributed by atoms with Crippen LogP contribution in [0.25, 0.3) is 11.0 Å². The van der Waals surface area contributed by atoms with Gasteiger partial charge in [-0.2, -0.15) is 0 Å². The van der Waals surface area contributed by atoms with Gasteiger partial charge in [0.15, 0.2) is 11.4 Å². The second kappa shape index (κ2) is 5.72. The molecule has 0 saturated carbocycles. The summed E-state index contributed by atoms with van der Waals surface area (Å²) >= 11 is 0. The van der Waals surface area contributed by atoms with Crippen LogP contribution >= 0.6 is 0 Å². The summed E-state index contributed by atoms with van der Waals surface area (Å²) in [6.45, 7) is 6.31. The van der Waals surface area contributed by atoms with Crippen LogP contribution in [-0.4, -0.2) is 17.8 Å². The summed E-state index contributed by atoms with van der Waals surface area (Å²) < 4.78 is 24.5. The fourth-order valence-corrected chi connectivity index (χ4v) is 2.20. The monoisotopic (exact) mass is 266 g/mol. The minimum atomic E-state index is -0.897. The van der Waals surface area contributed by atoms with Crippen molar-refractivity contribution in [2.24, 2.45) is 5.92 Å². The molecule has 0 bridgehead atoms. The Hall–Kier alpha value is -1.39. The third-order valence-electron chi connectivity index (χ3n) is 3.13. The Morgan fingerprint density at radius 3 is 2.68 bits per heavy atom. The molecule has 0 radical (unpaired) electrons. The highest BCUT2D eigenvalue weighted by atomic mass is 19.1. The van der Waals surface area contributed by atoms with E-state index in [4.69, 9.17) is 9.15 Å². The lowest BCUT2D eigenvalue weighted by atomic mass is 10.00. The first-order chi connectivity index (χ1) is 9.04. The minimum Gasteiger partial charge on any atom is -0.455 e. The number of rotatable bonds is 5. The number of halogens is 1. The van der Waals surface area contributed by atoms with Gasteiger partial charge in [0.2, 0.25) is 0 Å². The molecule has 0 fully saturated rings. The number of benzene rings is 1. The zero-order valence-electron chi connectivity index (χ0n) is 11.4. The van der Waals surface area contributed by atoms with Gasteiger partial charge in [-0.15, -0.1) is 0 Å². The summed E-state index contributed by atoms with van der Waals surface area (Å²) in [6.07, 6.45) is -1.26. The molecule has 0 spiro atoms. The lowest BCUT2D eigenvalue weighted by Crippen LogP contribution is -2.27. The number of furan rings is 1. The zero-order chi connectivity index (χ0) is 14.0. The summed E-state index contributed by atoms with van der Waals surface area (Å²) in [6, 6.07) is 6.37. The molecule has 0 saturated heterocycles. The molecule has 0 aliphatic rings. The number of hydrogen-bond donors (Lipinski definition) is 1. The molecule has 104 valence electrons. The van der Waals surface area contributed by atoms with Crippen molar-refractivity contribution >= 4 is 11.0 Å². The summed E-state index contributed by atoms with van der Waals surface area (Å²) in [5.41, 5.74) is 0.176. The predicted octanol–water partition coefficient (Wildman–Crippen LogP) is 3.67. The van der Waals surface area contributed by atoms with Gasteiger partial charge in [-0.05, 0) is 25.0 Å². The van der Waals surface area contributed by atoms with Gasteiger partial charge < -0.3 is 14.3 Å². The molecular weight excluding hydrogens is 247 g/mol. The summed E-state index contributed by atoms with van der Waals surface area (Å²) in [7, 11) is 0. The van der Waals surface area contributed by atoms with Gasteiger partial charge in [0, 0.05) is 12.0 Å². The van der Waals surface area contributed by atoms with Crippen molar-refractivity contribution in [2.45, 2.75) is 33.0 Å². The van der Waals surface area contributed by atoms with Gasteiger partial charge in [-0.3, -0.25) is 0 Å². The Labute approximate surface area is 112 Å². The smallest absolute Gasteiger partial charge is 0.170 e. The molecule has 4 heteroatoms. The zero-order valence-corrected chi connectivity index (χ0v) is 11.4. The topological polar surface area (TPSA) is 42.6 Å². The van der Waals surface area contributed by atoms with E-state index in [1.54, 1.807) is 18.2 Å². The number of para-hydroxylation sites is 1. The number of aliphatic hydroxyl groups excluding tert-OH is 1. The van der Waals surface area contributed by atoms with E-state index in [9.17, 15) is 9.50 Å². The van der Waals surface area contributed by atoms with Crippen LogP contribution in [0.2, 0.25) is 0 Å². The van der Waals surface area contributed by atoms with Crippen LogP contribution in [0.15, 0.2) is 28.7 Å². The van der Waals surface area contributed by atoms with Crippen molar-refractivity contribution in [1.29, 1.82) is 0 Å².